The first kappa shape index (κ1) is 11.4. The number of hydrogen-bond acceptors (Lipinski definition) is 5. The summed E-state index contributed by atoms with van der Waals surface area (Å²) in [5.74, 6) is 0.128. The molecule has 1 aliphatic rings. The SMILES string of the molecule is CN1CCNCC1C(=O)c1ccc2ncoc2c1. The number of carbonyl (C=O) groups is 1. The van der Waals surface area contributed by atoms with Crippen LogP contribution in [0.5, 0.6) is 0 Å². The Hall–Kier alpha value is -1.72. The summed E-state index contributed by atoms with van der Waals surface area (Å²) in [7, 11) is 1.98. The first-order valence-electron chi connectivity index (χ1n) is 6.04. The third-order valence-electron chi connectivity index (χ3n) is 3.43. The third-order valence-corrected chi connectivity index (χ3v) is 3.43. The van der Waals surface area contributed by atoms with Crippen molar-refractivity contribution in [2.24, 2.45) is 0 Å². The van der Waals surface area contributed by atoms with E-state index in [1.807, 2.05) is 19.2 Å². The first-order chi connectivity index (χ1) is 8.75. The number of nitrogens with zero attached hydrogens (tertiary/aromatic N) is 2. The minimum Gasteiger partial charge on any atom is -0.443 e. The number of benzene rings is 1. The molecule has 5 heteroatoms. The predicted molar refractivity (Wildman–Crippen MR) is 67.6 cm³/mol. The van der Waals surface area contributed by atoms with E-state index in [9.17, 15) is 4.79 Å². The monoisotopic (exact) mass is 245 g/mol. The number of carbonyl (C=O) groups excluding carboxylic acids is 1. The number of aromatic nitrogens is 1. The molecular weight excluding hydrogens is 230 g/mol. The number of oxazole rings is 1. The maximum Gasteiger partial charge on any atom is 0.181 e. The van der Waals surface area contributed by atoms with Crippen LogP contribution in [0.2, 0.25) is 0 Å². The van der Waals surface area contributed by atoms with Gasteiger partial charge in [0.2, 0.25) is 0 Å². The Morgan fingerprint density at radius 1 is 1.56 bits per heavy atom. The molecule has 0 aliphatic carbocycles. The van der Waals surface area contributed by atoms with Crippen molar-refractivity contribution in [3.05, 3.63) is 30.2 Å². The van der Waals surface area contributed by atoms with Crippen LogP contribution in [-0.2, 0) is 0 Å². The topological polar surface area (TPSA) is 58.4 Å². The Morgan fingerprint density at radius 3 is 3.28 bits per heavy atom. The fourth-order valence-electron chi connectivity index (χ4n) is 2.30. The summed E-state index contributed by atoms with van der Waals surface area (Å²) in [4.78, 5) is 18.6. The van der Waals surface area contributed by atoms with Crippen LogP contribution in [0.3, 0.4) is 0 Å². The summed E-state index contributed by atoms with van der Waals surface area (Å²) in [6.45, 7) is 2.52. The highest BCUT2D eigenvalue weighted by molar-refractivity contribution is 6.02. The van der Waals surface area contributed by atoms with Gasteiger partial charge < -0.3 is 9.73 Å². The van der Waals surface area contributed by atoms with Gasteiger partial charge in [0.1, 0.15) is 5.52 Å². The summed E-state index contributed by atoms with van der Waals surface area (Å²) in [6, 6.07) is 5.31. The van der Waals surface area contributed by atoms with Crippen LogP contribution in [-0.4, -0.2) is 48.4 Å². The highest BCUT2D eigenvalue weighted by Crippen LogP contribution is 2.17. The van der Waals surface area contributed by atoms with Gasteiger partial charge in [-0.2, -0.15) is 0 Å². The van der Waals surface area contributed by atoms with Gasteiger partial charge in [-0.05, 0) is 25.2 Å². The minimum absolute atomic E-state index is 0.0980. The van der Waals surface area contributed by atoms with Crippen molar-refractivity contribution >= 4 is 16.9 Å². The molecule has 18 heavy (non-hydrogen) atoms. The number of piperazine rings is 1. The van der Waals surface area contributed by atoms with Crippen molar-refractivity contribution in [3.8, 4) is 0 Å². The molecule has 1 atom stereocenters. The van der Waals surface area contributed by atoms with Gasteiger partial charge in [0, 0.05) is 25.2 Å². The molecule has 2 aromatic rings. The largest absolute Gasteiger partial charge is 0.443 e. The lowest BCUT2D eigenvalue weighted by Gasteiger charge is -2.31. The van der Waals surface area contributed by atoms with E-state index in [0.29, 0.717) is 17.7 Å². The van der Waals surface area contributed by atoms with Gasteiger partial charge in [-0.15, -0.1) is 0 Å². The maximum atomic E-state index is 12.4. The molecule has 1 unspecified atom stereocenters. The van der Waals surface area contributed by atoms with E-state index in [4.69, 9.17) is 4.42 Å². The Labute approximate surface area is 105 Å². The van der Waals surface area contributed by atoms with E-state index in [1.54, 1.807) is 6.07 Å². The Balaban J connectivity index is 1.90. The maximum absolute atomic E-state index is 12.4. The number of hydrogen-bond donors (Lipinski definition) is 1. The Kier molecular flexibility index (Phi) is 2.85. The average Bonchev–Trinajstić information content (AvgIpc) is 2.85. The second kappa shape index (κ2) is 4.51. The van der Waals surface area contributed by atoms with E-state index in [2.05, 4.69) is 15.2 Å². The molecule has 0 bridgehead atoms. The highest BCUT2D eigenvalue weighted by atomic mass is 16.3. The molecule has 0 saturated carbocycles. The van der Waals surface area contributed by atoms with Crippen LogP contribution < -0.4 is 5.32 Å². The fourth-order valence-corrected chi connectivity index (χ4v) is 2.30. The van der Waals surface area contributed by atoms with Gasteiger partial charge in [-0.1, -0.05) is 0 Å². The highest BCUT2D eigenvalue weighted by Gasteiger charge is 2.26. The molecule has 94 valence electrons. The van der Waals surface area contributed by atoms with Crippen molar-refractivity contribution in [1.29, 1.82) is 0 Å². The quantitative estimate of drug-likeness (QED) is 0.797. The van der Waals surface area contributed by atoms with Gasteiger partial charge in [0.25, 0.3) is 0 Å². The van der Waals surface area contributed by atoms with Crippen molar-refractivity contribution in [2.75, 3.05) is 26.7 Å². The summed E-state index contributed by atoms with van der Waals surface area (Å²) < 4.78 is 5.23. The first-order valence-corrected chi connectivity index (χ1v) is 6.04. The molecule has 3 rings (SSSR count). The van der Waals surface area contributed by atoms with E-state index in [1.165, 1.54) is 6.39 Å². The summed E-state index contributed by atoms with van der Waals surface area (Å²) in [6.07, 6.45) is 1.40. The number of fused-ring (bicyclic) bond motifs is 1. The second-order valence-electron chi connectivity index (χ2n) is 4.60. The summed E-state index contributed by atoms with van der Waals surface area (Å²) >= 11 is 0. The van der Waals surface area contributed by atoms with Crippen molar-refractivity contribution < 1.29 is 9.21 Å². The van der Waals surface area contributed by atoms with E-state index < -0.39 is 0 Å². The average molecular weight is 245 g/mol. The number of nitrogens with one attached hydrogen (secondary N) is 1. The van der Waals surface area contributed by atoms with Gasteiger partial charge in [0.05, 0.1) is 6.04 Å². The van der Waals surface area contributed by atoms with E-state index in [-0.39, 0.29) is 11.8 Å². The minimum atomic E-state index is -0.0980. The van der Waals surface area contributed by atoms with Gasteiger partial charge >= 0.3 is 0 Å². The zero-order chi connectivity index (χ0) is 12.5. The molecule has 1 fully saturated rings. The molecule has 2 heterocycles. The van der Waals surface area contributed by atoms with Gasteiger partial charge in [-0.25, -0.2) is 4.98 Å². The summed E-state index contributed by atoms with van der Waals surface area (Å²) in [5.41, 5.74) is 2.12. The second-order valence-corrected chi connectivity index (χ2v) is 4.60. The number of Topliss-reactive ketones (excluding diaryl/α,β-unsaturated/α-hetero) is 1. The lowest BCUT2D eigenvalue weighted by Crippen LogP contribution is -2.53. The molecule has 5 nitrogen and oxygen atoms in total. The number of ketones is 1. The van der Waals surface area contributed by atoms with Crippen LogP contribution in [0.1, 0.15) is 10.4 Å². The van der Waals surface area contributed by atoms with Crippen LogP contribution in [0.4, 0.5) is 0 Å². The molecule has 1 N–H and O–H groups in total. The molecule has 0 spiro atoms. The zero-order valence-electron chi connectivity index (χ0n) is 10.2. The van der Waals surface area contributed by atoms with E-state index >= 15 is 0 Å². The Morgan fingerprint density at radius 2 is 2.44 bits per heavy atom. The zero-order valence-corrected chi connectivity index (χ0v) is 10.2. The van der Waals surface area contributed by atoms with Crippen molar-refractivity contribution in [3.63, 3.8) is 0 Å². The van der Waals surface area contributed by atoms with Gasteiger partial charge in [0.15, 0.2) is 17.8 Å². The van der Waals surface area contributed by atoms with Gasteiger partial charge in [-0.3, -0.25) is 9.69 Å². The third kappa shape index (κ3) is 1.91. The molecule has 0 radical (unpaired) electrons. The molecule has 0 amide bonds. The fraction of sp³-hybridized carbons (Fsp3) is 0.385. The van der Waals surface area contributed by atoms with Crippen molar-refractivity contribution in [2.45, 2.75) is 6.04 Å². The predicted octanol–water partition coefficient (Wildman–Crippen LogP) is 0.914. The van der Waals surface area contributed by atoms with Crippen molar-refractivity contribution in [1.82, 2.24) is 15.2 Å². The van der Waals surface area contributed by atoms with Crippen LogP contribution in [0, 0.1) is 0 Å². The van der Waals surface area contributed by atoms with E-state index in [0.717, 1.165) is 18.6 Å². The lowest BCUT2D eigenvalue weighted by atomic mass is 10.0. The number of likely N-dealkylation sites (N-methyl/N-ethyl adjacent to an activating group) is 1. The molecule has 1 aliphatic heterocycles. The number of rotatable bonds is 2. The normalized spacial score (nSPS) is 21.3. The van der Waals surface area contributed by atoms with Crippen LogP contribution in [0.25, 0.3) is 11.1 Å². The smallest absolute Gasteiger partial charge is 0.181 e. The molecular formula is C13H15N3O2. The van der Waals surface area contributed by atoms with Crippen LogP contribution in [0.15, 0.2) is 29.0 Å². The molecule has 1 aromatic heterocycles. The Bertz CT molecular complexity index is 578. The molecule has 1 aromatic carbocycles. The molecule has 1 saturated heterocycles. The lowest BCUT2D eigenvalue weighted by molar-refractivity contribution is 0.0819. The van der Waals surface area contributed by atoms with Crippen LogP contribution >= 0.6 is 0 Å². The summed E-state index contributed by atoms with van der Waals surface area (Å²) in [5, 5.41) is 3.25. The standard InChI is InChI=1S/C13H15N3O2/c1-16-5-4-14-7-11(16)13(17)9-2-3-10-12(6-9)18-8-15-10/h2-3,6,8,11,14H,4-5,7H2,1H3.